The molecule has 0 aromatic carbocycles. The van der Waals surface area contributed by atoms with Crippen LogP contribution in [-0.2, 0) is 5.41 Å². The van der Waals surface area contributed by atoms with Crippen LogP contribution in [0.4, 0.5) is 5.13 Å². The molecule has 1 fully saturated rings. The maximum Gasteiger partial charge on any atom is 0.202 e. The van der Waals surface area contributed by atoms with Crippen molar-refractivity contribution >= 4 is 28.4 Å². The summed E-state index contributed by atoms with van der Waals surface area (Å²) in [4.78, 5) is 4.62. The summed E-state index contributed by atoms with van der Waals surface area (Å²) in [5, 5.41) is 4.50. The van der Waals surface area contributed by atoms with Crippen LogP contribution in [0.1, 0.15) is 58.7 Å². The summed E-state index contributed by atoms with van der Waals surface area (Å²) < 4.78 is 4.87. The van der Waals surface area contributed by atoms with Crippen molar-refractivity contribution in [1.82, 2.24) is 9.36 Å². The van der Waals surface area contributed by atoms with E-state index in [4.69, 9.17) is 0 Å². The summed E-state index contributed by atoms with van der Waals surface area (Å²) in [5.74, 6) is 0.946. The van der Waals surface area contributed by atoms with Gasteiger partial charge in [0, 0.05) is 28.2 Å². The third kappa shape index (κ3) is 3.85. The second kappa shape index (κ2) is 6.00. The number of anilines is 1. The van der Waals surface area contributed by atoms with E-state index in [0.717, 1.165) is 17.5 Å². The van der Waals surface area contributed by atoms with Crippen LogP contribution in [0, 0.1) is 0 Å². The second-order valence-electron chi connectivity index (χ2n) is 6.47. The Labute approximate surface area is 125 Å². The number of rotatable bonds is 4. The molecule has 1 heterocycles. The molecule has 1 aromatic heterocycles. The monoisotopic (exact) mass is 299 g/mol. The molecule has 0 radical (unpaired) electrons. The van der Waals surface area contributed by atoms with Crippen LogP contribution in [0.25, 0.3) is 0 Å². The Bertz CT molecular complexity index is 403. The first-order valence-corrected chi connectivity index (χ1v) is 9.08. The zero-order valence-electron chi connectivity index (χ0n) is 12.5. The molecule has 1 saturated carbocycles. The van der Waals surface area contributed by atoms with Gasteiger partial charge < -0.3 is 5.32 Å². The smallest absolute Gasteiger partial charge is 0.202 e. The van der Waals surface area contributed by atoms with E-state index in [9.17, 15) is 0 Å². The third-order valence-electron chi connectivity index (χ3n) is 3.86. The van der Waals surface area contributed by atoms with Gasteiger partial charge in [0.15, 0.2) is 0 Å². The largest absolute Gasteiger partial charge is 0.359 e. The molecule has 1 aliphatic rings. The van der Waals surface area contributed by atoms with Gasteiger partial charge in [-0.15, -0.1) is 0 Å². The number of hydrogen-bond acceptors (Lipinski definition) is 5. The third-order valence-corrected chi connectivity index (χ3v) is 5.95. The topological polar surface area (TPSA) is 37.8 Å². The number of hydrogen-bond donors (Lipinski definition) is 1. The highest BCUT2D eigenvalue weighted by Crippen LogP contribution is 2.38. The second-order valence-corrected chi connectivity index (χ2v) is 8.50. The Balaban J connectivity index is 1.96. The molecule has 0 amide bonds. The molecule has 0 aliphatic heterocycles. The molecule has 0 atom stereocenters. The maximum absolute atomic E-state index is 4.62. The standard InChI is InChI=1S/C14H25N3S2/c1-13(2,3)11-16-12(19-17-11)15-10-14(18-4)8-6-5-7-9-14/h5-10H2,1-4H3,(H,15,16,17). The van der Waals surface area contributed by atoms with Crippen LogP contribution in [0.5, 0.6) is 0 Å². The van der Waals surface area contributed by atoms with Crippen molar-refractivity contribution in [3.05, 3.63) is 5.82 Å². The zero-order chi connectivity index (χ0) is 13.9. The lowest BCUT2D eigenvalue weighted by Gasteiger charge is -2.35. The molecule has 19 heavy (non-hydrogen) atoms. The van der Waals surface area contributed by atoms with Crippen molar-refractivity contribution in [3.63, 3.8) is 0 Å². The highest BCUT2D eigenvalue weighted by molar-refractivity contribution is 8.00. The summed E-state index contributed by atoms with van der Waals surface area (Å²) in [6.45, 7) is 7.49. The lowest BCUT2D eigenvalue weighted by Crippen LogP contribution is -2.35. The minimum Gasteiger partial charge on any atom is -0.359 e. The van der Waals surface area contributed by atoms with E-state index in [2.05, 4.69) is 41.7 Å². The van der Waals surface area contributed by atoms with Gasteiger partial charge in [0.25, 0.3) is 0 Å². The van der Waals surface area contributed by atoms with Gasteiger partial charge >= 0.3 is 0 Å². The Morgan fingerprint density at radius 2 is 1.95 bits per heavy atom. The average molecular weight is 300 g/mol. The van der Waals surface area contributed by atoms with Crippen LogP contribution in [0.2, 0.25) is 0 Å². The SMILES string of the molecule is CSC1(CNc2nc(C(C)(C)C)ns2)CCCCC1. The summed E-state index contributed by atoms with van der Waals surface area (Å²) in [6.07, 6.45) is 9.03. The molecule has 0 spiro atoms. The molecule has 0 unspecified atom stereocenters. The predicted molar refractivity (Wildman–Crippen MR) is 86.4 cm³/mol. The fourth-order valence-corrected chi connectivity index (χ4v) is 4.15. The van der Waals surface area contributed by atoms with Gasteiger partial charge in [-0.25, -0.2) is 4.98 Å². The highest BCUT2D eigenvalue weighted by Gasteiger charge is 2.31. The lowest BCUT2D eigenvalue weighted by molar-refractivity contribution is 0.411. The first-order valence-electron chi connectivity index (χ1n) is 7.08. The van der Waals surface area contributed by atoms with Crippen LogP contribution in [-0.4, -0.2) is 26.9 Å². The molecule has 5 heteroatoms. The minimum absolute atomic E-state index is 0.0401. The minimum atomic E-state index is 0.0401. The van der Waals surface area contributed by atoms with Gasteiger partial charge in [0.05, 0.1) is 0 Å². The number of aromatic nitrogens is 2. The van der Waals surface area contributed by atoms with E-state index in [1.54, 1.807) is 0 Å². The van der Waals surface area contributed by atoms with Crippen molar-refractivity contribution in [2.75, 3.05) is 18.1 Å². The molecular weight excluding hydrogens is 274 g/mol. The quantitative estimate of drug-likeness (QED) is 0.899. The summed E-state index contributed by atoms with van der Waals surface area (Å²) >= 11 is 3.51. The average Bonchev–Trinajstić information content (AvgIpc) is 2.86. The predicted octanol–water partition coefficient (Wildman–Crippen LogP) is 4.31. The van der Waals surface area contributed by atoms with E-state index < -0.39 is 0 Å². The normalized spacial score (nSPS) is 19.4. The molecule has 3 nitrogen and oxygen atoms in total. The summed E-state index contributed by atoms with van der Waals surface area (Å²) in [6, 6.07) is 0. The highest BCUT2D eigenvalue weighted by atomic mass is 32.2. The van der Waals surface area contributed by atoms with Gasteiger partial charge in [0.1, 0.15) is 5.82 Å². The van der Waals surface area contributed by atoms with E-state index in [-0.39, 0.29) is 5.41 Å². The summed E-state index contributed by atoms with van der Waals surface area (Å²) in [7, 11) is 0. The molecular formula is C14H25N3S2. The van der Waals surface area contributed by atoms with Crippen molar-refractivity contribution in [2.45, 2.75) is 63.0 Å². The van der Waals surface area contributed by atoms with Crippen molar-refractivity contribution in [1.29, 1.82) is 0 Å². The Morgan fingerprint density at radius 1 is 1.26 bits per heavy atom. The van der Waals surface area contributed by atoms with Crippen LogP contribution >= 0.6 is 23.3 Å². The van der Waals surface area contributed by atoms with Gasteiger partial charge in [0.2, 0.25) is 5.13 Å². The van der Waals surface area contributed by atoms with E-state index in [0.29, 0.717) is 4.75 Å². The molecule has 108 valence electrons. The molecule has 1 N–H and O–H groups in total. The van der Waals surface area contributed by atoms with Crippen LogP contribution in [0.15, 0.2) is 0 Å². The lowest BCUT2D eigenvalue weighted by atomic mass is 9.88. The van der Waals surface area contributed by atoms with E-state index >= 15 is 0 Å². The molecule has 0 bridgehead atoms. The van der Waals surface area contributed by atoms with Gasteiger partial charge in [-0.3, -0.25) is 0 Å². The van der Waals surface area contributed by atoms with Gasteiger partial charge in [-0.1, -0.05) is 40.0 Å². The van der Waals surface area contributed by atoms with Gasteiger partial charge in [-0.05, 0) is 19.1 Å². The zero-order valence-corrected chi connectivity index (χ0v) is 14.1. The molecule has 2 rings (SSSR count). The maximum atomic E-state index is 4.62. The van der Waals surface area contributed by atoms with Crippen LogP contribution < -0.4 is 5.32 Å². The first-order chi connectivity index (χ1) is 8.95. The Morgan fingerprint density at radius 3 is 2.47 bits per heavy atom. The summed E-state index contributed by atoms with van der Waals surface area (Å²) in [5.41, 5.74) is 0.0401. The van der Waals surface area contributed by atoms with Gasteiger partial charge in [-0.2, -0.15) is 16.1 Å². The Hall–Kier alpha value is -0.290. The first kappa shape index (κ1) is 15.1. The Kier molecular flexibility index (Phi) is 4.77. The molecule has 1 aromatic rings. The van der Waals surface area contributed by atoms with E-state index in [1.807, 2.05) is 11.8 Å². The van der Waals surface area contributed by atoms with E-state index in [1.165, 1.54) is 43.6 Å². The molecule has 1 aliphatic carbocycles. The fourth-order valence-electron chi connectivity index (χ4n) is 2.49. The number of nitrogens with one attached hydrogen (secondary N) is 1. The number of nitrogens with zero attached hydrogens (tertiary/aromatic N) is 2. The van der Waals surface area contributed by atoms with Crippen molar-refractivity contribution in [3.8, 4) is 0 Å². The van der Waals surface area contributed by atoms with Crippen molar-refractivity contribution < 1.29 is 0 Å². The number of thioether (sulfide) groups is 1. The molecule has 0 saturated heterocycles. The van der Waals surface area contributed by atoms with Crippen LogP contribution in [0.3, 0.4) is 0 Å². The van der Waals surface area contributed by atoms with Crippen molar-refractivity contribution in [2.24, 2.45) is 0 Å². The fraction of sp³-hybridized carbons (Fsp3) is 0.857.